The van der Waals surface area contributed by atoms with Gasteiger partial charge in [-0.3, -0.25) is 9.59 Å². The van der Waals surface area contributed by atoms with Crippen molar-refractivity contribution in [3.8, 4) is 11.1 Å². The van der Waals surface area contributed by atoms with E-state index in [-0.39, 0.29) is 23.7 Å². The quantitative estimate of drug-likeness (QED) is 0.453. The van der Waals surface area contributed by atoms with Crippen LogP contribution in [0.5, 0.6) is 0 Å². The van der Waals surface area contributed by atoms with Crippen LogP contribution in [-0.2, 0) is 9.59 Å². The molecular weight excluding hydrogens is 442 g/mol. The molecule has 0 aliphatic heterocycles. The molecule has 2 atom stereocenters. The second-order valence-corrected chi connectivity index (χ2v) is 9.80. The highest BCUT2D eigenvalue weighted by molar-refractivity contribution is 6.00. The molecule has 5 rings (SSSR count). The minimum absolute atomic E-state index is 0.0241. The maximum absolute atomic E-state index is 13.1. The largest absolute Gasteiger partial charge is 0.479 e. The Morgan fingerprint density at radius 1 is 1.06 bits per heavy atom. The van der Waals surface area contributed by atoms with Crippen LogP contribution in [0, 0.1) is 18.8 Å². The molecule has 2 fully saturated rings. The lowest BCUT2D eigenvalue weighted by Crippen LogP contribution is -2.64. The molecule has 1 heterocycles. The van der Waals surface area contributed by atoms with Crippen LogP contribution < -0.4 is 10.6 Å². The first-order chi connectivity index (χ1) is 16.8. The maximum Gasteiger partial charge on any atom is 0.329 e. The number of hydrogen-bond donors (Lipinski definition) is 3. The summed E-state index contributed by atoms with van der Waals surface area (Å²) in [5.74, 6) is -0.705. The summed E-state index contributed by atoms with van der Waals surface area (Å²) in [6.45, 7) is 3.93. The molecule has 0 radical (unpaired) electrons. The number of aromatic nitrogens is 1. The van der Waals surface area contributed by atoms with Gasteiger partial charge in [0.2, 0.25) is 5.91 Å². The summed E-state index contributed by atoms with van der Waals surface area (Å²) in [4.78, 5) is 41.5. The summed E-state index contributed by atoms with van der Waals surface area (Å²) in [5, 5.41) is 17.4. The summed E-state index contributed by atoms with van der Waals surface area (Å²) in [5.41, 5.74) is 2.09. The van der Waals surface area contributed by atoms with Crippen molar-refractivity contribution in [2.45, 2.75) is 51.5 Å². The second-order valence-electron chi connectivity index (χ2n) is 9.80. The Balaban J connectivity index is 1.40. The minimum Gasteiger partial charge on any atom is -0.479 e. The number of carboxylic acids is 1. The van der Waals surface area contributed by atoms with E-state index in [1.807, 2.05) is 50.2 Å². The van der Waals surface area contributed by atoms with Gasteiger partial charge in [-0.05, 0) is 84.9 Å². The third-order valence-corrected chi connectivity index (χ3v) is 7.53. The van der Waals surface area contributed by atoms with Crippen molar-refractivity contribution < 1.29 is 19.5 Å². The predicted molar refractivity (Wildman–Crippen MR) is 134 cm³/mol. The molecule has 1 aromatic heterocycles. The molecule has 7 heteroatoms. The highest BCUT2D eigenvalue weighted by Crippen LogP contribution is 2.41. The van der Waals surface area contributed by atoms with Crippen LogP contribution in [0.4, 0.5) is 5.82 Å². The van der Waals surface area contributed by atoms with Gasteiger partial charge in [-0.1, -0.05) is 31.5 Å². The number of nitrogens with one attached hydrogen (secondary N) is 2. The van der Waals surface area contributed by atoms with E-state index >= 15 is 0 Å². The number of carboxylic acid groups (broad SMARTS) is 1. The maximum atomic E-state index is 13.1. The van der Waals surface area contributed by atoms with Gasteiger partial charge in [0.25, 0.3) is 5.91 Å². The van der Waals surface area contributed by atoms with Crippen LogP contribution in [0.15, 0.2) is 48.7 Å². The number of aryl methyl sites for hydroxylation is 1. The average molecular weight is 472 g/mol. The van der Waals surface area contributed by atoms with E-state index in [2.05, 4.69) is 15.6 Å². The molecule has 2 saturated carbocycles. The van der Waals surface area contributed by atoms with Gasteiger partial charge in [0.05, 0.1) is 0 Å². The van der Waals surface area contributed by atoms with Crippen LogP contribution in [0.25, 0.3) is 21.9 Å². The summed E-state index contributed by atoms with van der Waals surface area (Å²) in [6.07, 6.45) is 5.59. The zero-order valence-electron chi connectivity index (χ0n) is 19.9. The Bertz CT molecular complexity index is 1350. The second kappa shape index (κ2) is 8.80. The number of aliphatic carboxylic acids is 1. The Hall–Kier alpha value is -3.74. The SMILES string of the molecule is CCC1CCC1(NC(=O)c1ccc(C)c(-c2ccc3cc(NC(=O)C4CC4)ncc3c2)c1)C(=O)O. The minimum atomic E-state index is -1.18. The molecule has 2 aromatic carbocycles. The van der Waals surface area contributed by atoms with E-state index in [1.54, 1.807) is 12.3 Å². The van der Waals surface area contributed by atoms with Crippen molar-refractivity contribution in [1.29, 1.82) is 0 Å². The zero-order chi connectivity index (χ0) is 24.7. The molecule has 2 amide bonds. The summed E-state index contributed by atoms with van der Waals surface area (Å²) < 4.78 is 0. The van der Waals surface area contributed by atoms with Gasteiger partial charge in [0.1, 0.15) is 11.4 Å². The molecule has 180 valence electrons. The Morgan fingerprint density at radius 3 is 2.51 bits per heavy atom. The number of nitrogens with zero attached hydrogens (tertiary/aromatic N) is 1. The zero-order valence-corrected chi connectivity index (χ0v) is 19.9. The highest BCUT2D eigenvalue weighted by atomic mass is 16.4. The Labute approximate surface area is 204 Å². The van der Waals surface area contributed by atoms with Crippen LogP contribution >= 0.6 is 0 Å². The van der Waals surface area contributed by atoms with E-state index in [0.29, 0.717) is 24.2 Å². The van der Waals surface area contributed by atoms with E-state index in [1.165, 1.54) is 0 Å². The lowest BCUT2D eigenvalue weighted by molar-refractivity contribution is -0.152. The van der Waals surface area contributed by atoms with Crippen molar-refractivity contribution in [2.24, 2.45) is 11.8 Å². The lowest BCUT2D eigenvalue weighted by atomic mass is 9.65. The molecule has 3 N–H and O–H groups in total. The number of carbonyl (C=O) groups excluding carboxylic acids is 2. The predicted octanol–water partition coefficient (Wildman–Crippen LogP) is 4.93. The third kappa shape index (κ3) is 4.27. The molecule has 0 saturated heterocycles. The molecule has 35 heavy (non-hydrogen) atoms. The van der Waals surface area contributed by atoms with Crippen LogP contribution in [0.3, 0.4) is 0 Å². The third-order valence-electron chi connectivity index (χ3n) is 7.53. The fraction of sp³-hybridized carbons (Fsp3) is 0.357. The number of hydrogen-bond acceptors (Lipinski definition) is 4. The van der Waals surface area contributed by atoms with Gasteiger partial charge < -0.3 is 15.7 Å². The summed E-state index contributed by atoms with van der Waals surface area (Å²) in [7, 11) is 0. The van der Waals surface area contributed by atoms with E-state index in [9.17, 15) is 19.5 Å². The molecule has 2 aliphatic carbocycles. The van der Waals surface area contributed by atoms with E-state index < -0.39 is 11.5 Å². The van der Waals surface area contributed by atoms with Crippen molar-refractivity contribution in [2.75, 3.05) is 5.32 Å². The van der Waals surface area contributed by atoms with Crippen molar-refractivity contribution in [3.05, 3.63) is 59.8 Å². The van der Waals surface area contributed by atoms with Crippen molar-refractivity contribution in [1.82, 2.24) is 10.3 Å². The van der Waals surface area contributed by atoms with E-state index in [4.69, 9.17) is 0 Å². The van der Waals surface area contributed by atoms with Gasteiger partial charge in [-0.2, -0.15) is 0 Å². The van der Waals surface area contributed by atoms with Gasteiger partial charge in [0.15, 0.2) is 0 Å². The van der Waals surface area contributed by atoms with Gasteiger partial charge in [-0.25, -0.2) is 9.78 Å². The van der Waals surface area contributed by atoms with Crippen LogP contribution in [0.2, 0.25) is 0 Å². The van der Waals surface area contributed by atoms with Crippen LogP contribution in [-0.4, -0.2) is 33.4 Å². The smallest absolute Gasteiger partial charge is 0.329 e. The fourth-order valence-electron chi connectivity index (χ4n) is 4.99. The molecule has 2 aliphatic rings. The van der Waals surface area contributed by atoms with Gasteiger partial charge in [0, 0.05) is 23.1 Å². The fourth-order valence-corrected chi connectivity index (χ4v) is 4.99. The molecule has 2 unspecified atom stereocenters. The average Bonchev–Trinajstić information content (AvgIpc) is 3.67. The molecule has 0 spiro atoms. The number of rotatable bonds is 7. The number of pyridine rings is 1. The monoisotopic (exact) mass is 471 g/mol. The first-order valence-corrected chi connectivity index (χ1v) is 12.2. The molecule has 7 nitrogen and oxygen atoms in total. The molecular formula is C28H29N3O4. The summed E-state index contributed by atoms with van der Waals surface area (Å²) in [6, 6.07) is 13.3. The number of fused-ring (bicyclic) bond motifs is 1. The van der Waals surface area contributed by atoms with Crippen molar-refractivity contribution >= 4 is 34.4 Å². The molecule has 3 aromatic rings. The van der Waals surface area contributed by atoms with E-state index in [0.717, 1.165) is 46.7 Å². The van der Waals surface area contributed by atoms with Gasteiger partial charge >= 0.3 is 5.97 Å². The topological polar surface area (TPSA) is 108 Å². The molecule has 0 bridgehead atoms. The summed E-state index contributed by atoms with van der Waals surface area (Å²) >= 11 is 0. The Morgan fingerprint density at radius 2 is 1.86 bits per heavy atom. The van der Waals surface area contributed by atoms with Crippen LogP contribution in [0.1, 0.15) is 54.9 Å². The first kappa shape index (κ1) is 23.0. The normalized spacial score (nSPS) is 21.3. The number of benzene rings is 2. The lowest BCUT2D eigenvalue weighted by Gasteiger charge is -2.46. The first-order valence-electron chi connectivity index (χ1n) is 12.2. The Kier molecular flexibility index (Phi) is 5.79. The van der Waals surface area contributed by atoms with Crippen molar-refractivity contribution in [3.63, 3.8) is 0 Å². The standard InChI is InChI=1S/C28H29N3O4/c1-3-22-10-11-28(22,27(34)35)31-26(33)20-5-4-16(2)23(13-20)19-9-8-18-14-24(29-15-21(18)12-19)30-25(32)17-6-7-17/h4-5,8-9,12-15,17,22H,3,6-7,10-11H2,1-2H3,(H,31,33)(H,34,35)(H,29,30,32). The van der Waals surface area contributed by atoms with Gasteiger partial charge in [-0.15, -0.1) is 0 Å². The number of amides is 2. The number of anilines is 1. The highest BCUT2D eigenvalue weighted by Gasteiger charge is 2.53. The number of carbonyl (C=O) groups is 3.